The van der Waals surface area contributed by atoms with Crippen molar-refractivity contribution in [3.05, 3.63) is 45.5 Å². The molecule has 2 aromatic rings. The van der Waals surface area contributed by atoms with E-state index in [9.17, 15) is 14.4 Å². The van der Waals surface area contributed by atoms with Crippen LogP contribution in [0.25, 0.3) is 10.9 Å². The molecule has 172 valence electrons. The van der Waals surface area contributed by atoms with Crippen molar-refractivity contribution in [2.24, 2.45) is 0 Å². The van der Waals surface area contributed by atoms with Gasteiger partial charge in [-0.25, -0.2) is 14.0 Å². The number of benzene rings is 1. The van der Waals surface area contributed by atoms with Crippen molar-refractivity contribution >= 4 is 23.0 Å². The van der Waals surface area contributed by atoms with Gasteiger partial charge in [-0.2, -0.15) is 0 Å². The minimum absolute atomic E-state index is 0.0939. The van der Waals surface area contributed by atoms with Crippen LogP contribution in [0.1, 0.15) is 81.8 Å². The molecule has 2 saturated carbocycles. The molecule has 0 spiro atoms. The fourth-order valence-electron chi connectivity index (χ4n) is 4.24. The minimum atomic E-state index is -0.884. The van der Waals surface area contributed by atoms with Gasteiger partial charge in [0.05, 0.1) is 17.7 Å². The van der Waals surface area contributed by atoms with Crippen LogP contribution < -0.4 is 10.7 Å². The normalized spacial score (nSPS) is 17.5. The summed E-state index contributed by atoms with van der Waals surface area (Å²) in [7, 11) is 0. The zero-order valence-electron chi connectivity index (χ0n) is 18.9. The summed E-state index contributed by atoms with van der Waals surface area (Å²) in [6.07, 6.45) is 4.73. The van der Waals surface area contributed by atoms with Crippen LogP contribution in [-0.2, 0) is 15.0 Å². The highest BCUT2D eigenvalue weighted by Crippen LogP contribution is 2.44. The Morgan fingerprint density at radius 2 is 1.94 bits per heavy atom. The molecular weight excluding hydrogens is 415 g/mol. The Morgan fingerprint density at radius 1 is 1.25 bits per heavy atom. The second-order valence-electron chi connectivity index (χ2n) is 9.64. The van der Waals surface area contributed by atoms with Crippen LogP contribution in [0.3, 0.4) is 0 Å². The van der Waals surface area contributed by atoms with Gasteiger partial charge in [0.1, 0.15) is 17.0 Å². The molecular formula is C24H29FN2O5. The molecule has 1 aromatic heterocycles. The number of fused-ring (bicyclic) bond motifs is 1. The molecule has 2 aliphatic carbocycles. The lowest BCUT2D eigenvalue weighted by Crippen LogP contribution is -2.52. The van der Waals surface area contributed by atoms with Gasteiger partial charge >= 0.3 is 12.1 Å². The molecule has 0 atom stereocenters. The summed E-state index contributed by atoms with van der Waals surface area (Å²) in [5.74, 6) is -1.30. The predicted molar refractivity (Wildman–Crippen MR) is 117 cm³/mol. The molecule has 0 bridgehead atoms. The first kappa shape index (κ1) is 22.3. The third kappa shape index (κ3) is 4.10. The molecule has 1 heterocycles. The molecule has 1 aromatic carbocycles. The van der Waals surface area contributed by atoms with Crippen LogP contribution in [0.2, 0.25) is 0 Å². The smallest absolute Gasteiger partial charge is 0.408 e. The number of amides is 1. The minimum Gasteiger partial charge on any atom is -0.462 e. The Labute approximate surface area is 185 Å². The SMILES string of the molecule is CCOC(=O)c1cn(C2CC2)c2cc(C3(NC(=O)OC(C)(C)C)CCC3)c(F)cc2c1=O. The van der Waals surface area contributed by atoms with E-state index in [1.54, 1.807) is 33.8 Å². The second kappa shape index (κ2) is 7.90. The van der Waals surface area contributed by atoms with Crippen LogP contribution in [0.4, 0.5) is 9.18 Å². The van der Waals surface area contributed by atoms with E-state index in [4.69, 9.17) is 9.47 Å². The third-order valence-electron chi connectivity index (χ3n) is 6.02. The number of esters is 1. The molecule has 1 amide bonds. The van der Waals surface area contributed by atoms with Crippen molar-refractivity contribution in [1.29, 1.82) is 0 Å². The number of carbonyl (C=O) groups excluding carboxylic acids is 2. The molecule has 0 saturated heterocycles. The molecule has 2 aliphatic rings. The first-order valence-electron chi connectivity index (χ1n) is 11.1. The Kier molecular flexibility index (Phi) is 5.51. The first-order valence-corrected chi connectivity index (χ1v) is 11.1. The number of nitrogens with zero attached hydrogens (tertiary/aromatic N) is 1. The van der Waals surface area contributed by atoms with Gasteiger partial charge < -0.3 is 19.4 Å². The number of pyridine rings is 1. The Balaban J connectivity index is 1.82. The largest absolute Gasteiger partial charge is 0.462 e. The van der Waals surface area contributed by atoms with E-state index in [1.165, 1.54) is 12.3 Å². The van der Waals surface area contributed by atoms with Crippen LogP contribution >= 0.6 is 0 Å². The van der Waals surface area contributed by atoms with E-state index in [0.29, 0.717) is 23.9 Å². The number of rotatable bonds is 5. The van der Waals surface area contributed by atoms with Crippen molar-refractivity contribution in [1.82, 2.24) is 9.88 Å². The van der Waals surface area contributed by atoms with Gasteiger partial charge in [0.25, 0.3) is 0 Å². The van der Waals surface area contributed by atoms with Crippen LogP contribution in [0, 0.1) is 5.82 Å². The maximum absolute atomic E-state index is 15.4. The molecule has 8 heteroatoms. The zero-order valence-corrected chi connectivity index (χ0v) is 18.9. The van der Waals surface area contributed by atoms with Crippen LogP contribution in [0.15, 0.2) is 23.1 Å². The number of hydrogen-bond acceptors (Lipinski definition) is 5. The monoisotopic (exact) mass is 444 g/mol. The van der Waals surface area contributed by atoms with Gasteiger partial charge in [-0.1, -0.05) is 0 Å². The summed E-state index contributed by atoms with van der Waals surface area (Å²) in [5.41, 5.74) is -1.32. The second-order valence-corrected chi connectivity index (χ2v) is 9.64. The molecule has 0 aliphatic heterocycles. The number of hydrogen-bond donors (Lipinski definition) is 1. The summed E-state index contributed by atoms with van der Waals surface area (Å²) in [5, 5.41) is 3.01. The molecule has 7 nitrogen and oxygen atoms in total. The highest BCUT2D eigenvalue weighted by Gasteiger charge is 2.43. The lowest BCUT2D eigenvalue weighted by Gasteiger charge is -2.43. The number of nitrogens with one attached hydrogen (secondary N) is 1. The van der Waals surface area contributed by atoms with Crippen LogP contribution in [-0.4, -0.2) is 28.8 Å². The average molecular weight is 445 g/mol. The van der Waals surface area contributed by atoms with Gasteiger partial charge in [-0.15, -0.1) is 0 Å². The quantitative estimate of drug-likeness (QED) is 0.684. The maximum atomic E-state index is 15.4. The fraction of sp³-hybridized carbons (Fsp3) is 0.542. The third-order valence-corrected chi connectivity index (χ3v) is 6.02. The van der Waals surface area contributed by atoms with Crippen molar-refractivity contribution in [2.75, 3.05) is 6.61 Å². The first-order chi connectivity index (χ1) is 15.0. The van der Waals surface area contributed by atoms with E-state index in [1.807, 2.05) is 4.57 Å². The number of halogens is 1. The number of aromatic nitrogens is 1. The van der Waals surface area contributed by atoms with Crippen molar-refractivity contribution in [3.63, 3.8) is 0 Å². The Morgan fingerprint density at radius 3 is 2.47 bits per heavy atom. The molecule has 0 unspecified atom stereocenters. The maximum Gasteiger partial charge on any atom is 0.408 e. The van der Waals surface area contributed by atoms with Crippen molar-refractivity contribution in [3.8, 4) is 0 Å². The van der Waals surface area contributed by atoms with Gasteiger partial charge in [0.2, 0.25) is 5.43 Å². The highest BCUT2D eigenvalue weighted by molar-refractivity contribution is 5.94. The summed E-state index contributed by atoms with van der Waals surface area (Å²) in [6, 6.07) is 2.97. The Bertz CT molecular complexity index is 1140. The Hall–Kier alpha value is -2.90. The standard InChI is InChI=1S/C24H29FN2O5/c1-5-31-21(29)16-13-27(14-7-8-14)19-12-17(18(25)11-15(19)20(16)28)24(9-6-10-24)26-22(30)32-23(2,3)4/h11-14H,5-10H2,1-4H3,(H,26,30). The molecule has 32 heavy (non-hydrogen) atoms. The average Bonchev–Trinajstić information content (AvgIpc) is 3.49. The van der Waals surface area contributed by atoms with Crippen molar-refractivity contribution in [2.45, 2.75) is 77.0 Å². The summed E-state index contributed by atoms with van der Waals surface area (Å²) >= 11 is 0. The van der Waals surface area contributed by atoms with Gasteiger partial charge in [0.15, 0.2) is 0 Å². The lowest BCUT2D eigenvalue weighted by molar-refractivity contribution is 0.0372. The van der Waals surface area contributed by atoms with Gasteiger partial charge in [-0.3, -0.25) is 4.79 Å². The summed E-state index contributed by atoms with van der Waals surface area (Å²) < 4.78 is 27.7. The summed E-state index contributed by atoms with van der Waals surface area (Å²) in [6.45, 7) is 7.12. The lowest BCUT2D eigenvalue weighted by atomic mass is 9.71. The van der Waals surface area contributed by atoms with E-state index in [0.717, 1.165) is 19.3 Å². The molecule has 4 rings (SSSR count). The topological polar surface area (TPSA) is 86.6 Å². The predicted octanol–water partition coefficient (Wildman–Crippen LogP) is 4.56. The van der Waals surface area contributed by atoms with E-state index in [2.05, 4.69) is 5.32 Å². The van der Waals surface area contributed by atoms with E-state index in [-0.39, 0.29) is 23.6 Å². The number of ether oxygens (including phenoxy) is 2. The molecule has 1 N–H and O–H groups in total. The fourth-order valence-corrected chi connectivity index (χ4v) is 4.24. The van der Waals surface area contributed by atoms with Crippen LogP contribution in [0.5, 0.6) is 0 Å². The van der Waals surface area contributed by atoms with Gasteiger partial charge in [-0.05, 0) is 71.9 Å². The zero-order chi connectivity index (χ0) is 23.3. The van der Waals surface area contributed by atoms with E-state index < -0.39 is 34.4 Å². The van der Waals surface area contributed by atoms with E-state index >= 15 is 4.39 Å². The van der Waals surface area contributed by atoms with Gasteiger partial charge in [0, 0.05) is 23.2 Å². The molecule has 0 radical (unpaired) electrons. The van der Waals surface area contributed by atoms with Crippen molar-refractivity contribution < 1.29 is 23.5 Å². The number of alkyl carbamates (subject to hydrolysis) is 1. The molecule has 2 fully saturated rings. The highest BCUT2D eigenvalue weighted by atomic mass is 19.1. The number of carbonyl (C=O) groups is 2. The summed E-state index contributed by atoms with van der Waals surface area (Å²) in [4.78, 5) is 37.8.